The zero-order chi connectivity index (χ0) is 18.9. The minimum atomic E-state index is -3.74. The summed E-state index contributed by atoms with van der Waals surface area (Å²) in [5.74, 6) is -0.998. The highest BCUT2D eigenvalue weighted by atomic mass is 35.5. The van der Waals surface area contributed by atoms with E-state index in [9.17, 15) is 17.6 Å². The van der Waals surface area contributed by atoms with Crippen LogP contribution in [0.25, 0.3) is 0 Å². The number of benzene rings is 2. The van der Waals surface area contributed by atoms with Gasteiger partial charge in [-0.05, 0) is 48.7 Å². The average Bonchev–Trinajstić information content (AvgIpc) is 2.92. The first-order valence-corrected chi connectivity index (χ1v) is 10.1. The number of nitrogens with one attached hydrogen (secondary N) is 1. The molecule has 0 radical (unpaired) electrons. The van der Waals surface area contributed by atoms with Crippen LogP contribution in [0.2, 0.25) is 5.02 Å². The van der Waals surface area contributed by atoms with Gasteiger partial charge in [-0.2, -0.15) is 0 Å². The van der Waals surface area contributed by atoms with Crippen molar-refractivity contribution in [2.45, 2.75) is 25.1 Å². The highest BCUT2D eigenvalue weighted by Gasteiger charge is 2.35. The van der Waals surface area contributed by atoms with E-state index in [4.69, 9.17) is 11.6 Å². The van der Waals surface area contributed by atoms with E-state index in [1.54, 1.807) is 37.3 Å². The fraction of sp³-hybridized carbons (Fsp3) is 0.278. The zero-order valence-electron chi connectivity index (χ0n) is 14.1. The number of sulfonamides is 1. The third-order valence-electron chi connectivity index (χ3n) is 4.28. The lowest BCUT2D eigenvalue weighted by Gasteiger charge is -2.18. The maximum atomic E-state index is 13.4. The third kappa shape index (κ3) is 4.06. The van der Waals surface area contributed by atoms with Crippen molar-refractivity contribution in [1.29, 1.82) is 0 Å². The van der Waals surface area contributed by atoms with E-state index in [2.05, 4.69) is 4.72 Å². The van der Waals surface area contributed by atoms with Crippen LogP contribution in [0.3, 0.4) is 0 Å². The summed E-state index contributed by atoms with van der Waals surface area (Å²) in [4.78, 5) is 14.0. The molecule has 0 aliphatic carbocycles. The van der Waals surface area contributed by atoms with Gasteiger partial charge in [-0.25, -0.2) is 17.5 Å². The molecule has 1 amide bonds. The van der Waals surface area contributed by atoms with E-state index < -0.39 is 16.1 Å². The Morgan fingerprint density at radius 3 is 2.69 bits per heavy atom. The van der Waals surface area contributed by atoms with Gasteiger partial charge in [0.05, 0.1) is 5.75 Å². The summed E-state index contributed by atoms with van der Waals surface area (Å²) in [6.45, 7) is 1.98. The minimum Gasteiger partial charge on any atom is -0.311 e. The fourth-order valence-electron chi connectivity index (χ4n) is 2.92. The van der Waals surface area contributed by atoms with Gasteiger partial charge in [0.2, 0.25) is 15.9 Å². The molecule has 1 aliphatic rings. The molecule has 1 fully saturated rings. The largest absolute Gasteiger partial charge is 0.311 e. The molecule has 2 aromatic rings. The van der Waals surface area contributed by atoms with Gasteiger partial charge in [-0.15, -0.1) is 0 Å². The maximum Gasteiger partial charge on any atom is 0.245 e. The molecular formula is C18H18ClFN2O3S. The van der Waals surface area contributed by atoms with Gasteiger partial charge in [0.25, 0.3) is 0 Å². The Morgan fingerprint density at radius 1 is 1.27 bits per heavy atom. The molecule has 138 valence electrons. The van der Waals surface area contributed by atoms with Crippen molar-refractivity contribution in [2.75, 3.05) is 11.4 Å². The molecule has 2 aromatic carbocycles. The van der Waals surface area contributed by atoms with E-state index >= 15 is 0 Å². The third-order valence-corrected chi connectivity index (χ3v) is 5.99. The fourth-order valence-corrected chi connectivity index (χ4v) is 4.60. The SMILES string of the molecule is Cc1cc(N2CCC(NS(=O)(=O)Cc3ccccc3Cl)C2=O)ccc1F. The van der Waals surface area contributed by atoms with Gasteiger partial charge in [0, 0.05) is 17.3 Å². The van der Waals surface area contributed by atoms with E-state index in [0.717, 1.165) is 0 Å². The Labute approximate surface area is 156 Å². The van der Waals surface area contributed by atoms with E-state index in [1.807, 2.05) is 0 Å². The molecule has 0 aromatic heterocycles. The van der Waals surface area contributed by atoms with Crippen molar-refractivity contribution in [3.63, 3.8) is 0 Å². The van der Waals surface area contributed by atoms with Crippen LogP contribution in [0.1, 0.15) is 17.5 Å². The number of hydrogen-bond donors (Lipinski definition) is 1. The Kier molecular flexibility index (Phi) is 5.32. The number of aryl methyl sites for hydroxylation is 1. The molecule has 1 aliphatic heterocycles. The zero-order valence-corrected chi connectivity index (χ0v) is 15.6. The lowest BCUT2D eigenvalue weighted by Crippen LogP contribution is -2.42. The summed E-state index contributed by atoms with van der Waals surface area (Å²) >= 11 is 6.01. The number of anilines is 1. The molecule has 26 heavy (non-hydrogen) atoms. The van der Waals surface area contributed by atoms with Gasteiger partial charge < -0.3 is 4.90 Å². The first kappa shape index (κ1) is 18.8. The molecule has 5 nitrogen and oxygen atoms in total. The highest BCUT2D eigenvalue weighted by molar-refractivity contribution is 7.88. The number of amides is 1. The van der Waals surface area contributed by atoms with Crippen LogP contribution < -0.4 is 9.62 Å². The number of carbonyl (C=O) groups excluding carboxylic acids is 1. The van der Waals surface area contributed by atoms with Crippen LogP contribution >= 0.6 is 11.6 Å². The second-order valence-corrected chi connectivity index (χ2v) is 8.39. The molecule has 1 N–H and O–H groups in total. The normalized spacial score (nSPS) is 17.7. The maximum absolute atomic E-state index is 13.4. The summed E-state index contributed by atoms with van der Waals surface area (Å²) in [6.07, 6.45) is 0.344. The molecular weight excluding hydrogens is 379 g/mol. The van der Waals surface area contributed by atoms with Gasteiger partial charge in [-0.1, -0.05) is 29.8 Å². The highest BCUT2D eigenvalue weighted by Crippen LogP contribution is 2.25. The molecule has 0 bridgehead atoms. The van der Waals surface area contributed by atoms with Gasteiger partial charge in [-0.3, -0.25) is 4.79 Å². The van der Waals surface area contributed by atoms with Gasteiger partial charge >= 0.3 is 0 Å². The van der Waals surface area contributed by atoms with Crippen molar-refractivity contribution in [3.05, 3.63) is 64.4 Å². The molecule has 8 heteroatoms. The second-order valence-electron chi connectivity index (χ2n) is 6.23. The molecule has 1 saturated heterocycles. The molecule has 3 rings (SSSR count). The Bertz CT molecular complexity index is 949. The van der Waals surface area contributed by atoms with Crippen LogP contribution in [0.4, 0.5) is 10.1 Å². The monoisotopic (exact) mass is 396 g/mol. The Hall–Kier alpha value is -1.96. The second kappa shape index (κ2) is 7.34. The van der Waals surface area contributed by atoms with Crippen LogP contribution in [-0.2, 0) is 20.6 Å². The Morgan fingerprint density at radius 2 is 2.00 bits per heavy atom. The van der Waals surface area contributed by atoms with E-state index in [0.29, 0.717) is 34.8 Å². The standard InChI is InChI=1S/C18H18ClFN2O3S/c1-12-10-14(6-7-16(12)20)22-9-8-17(18(22)23)21-26(24,25)11-13-4-2-3-5-15(13)19/h2-7,10,17,21H,8-9,11H2,1H3. The number of nitrogens with zero attached hydrogens (tertiary/aromatic N) is 1. The number of halogens is 2. The summed E-state index contributed by atoms with van der Waals surface area (Å²) in [7, 11) is -3.74. The van der Waals surface area contributed by atoms with Crippen molar-refractivity contribution < 1.29 is 17.6 Å². The smallest absolute Gasteiger partial charge is 0.245 e. The minimum absolute atomic E-state index is 0.299. The molecule has 1 unspecified atom stereocenters. The summed E-state index contributed by atoms with van der Waals surface area (Å²) in [6, 6.07) is 10.2. The predicted octanol–water partition coefficient (Wildman–Crippen LogP) is 3.01. The molecule has 1 atom stereocenters. The van der Waals surface area contributed by atoms with Crippen LogP contribution in [0, 0.1) is 12.7 Å². The van der Waals surface area contributed by atoms with E-state index in [-0.39, 0.29) is 17.5 Å². The van der Waals surface area contributed by atoms with Crippen LogP contribution in [0.5, 0.6) is 0 Å². The lowest BCUT2D eigenvalue weighted by atomic mass is 10.2. The lowest BCUT2D eigenvalue weighted by molar-refractivity contribution is -0.118. The Balaban J connectivity index is 1.72. The quantitative estimate of drug-likeness (QED) is 0.844. The predicted molar refractivity (Wildman–Crippen MR) is 99.1 cm³/mol. The van der Waals surface area contributed by atoms with Crippen molar-refractivity contribution in [1.82, 2.24) is 4.72 Å². The topological polar surface area (TPSA) is 66.5 Å². The van der Waals surface area contributed by atoms with Crippen molar-refractivity contribution >= 4 is 33.2 Å². The van der Waals surface area contributed by atoms with Crippen LogP contribution in [0.15, 0.2) is 42.5 Å². The average molecular weight is 397 g/mol. The first-order valence-electron chi connectivity index (χ1n) is 8.08. The van der Waals surface area contributed by atoms with E-state index in [1.165, 1.54) is 17.0 Å². The van der Waals surface area contributed by atoms with Gasteiger partial charge in [0.1, 0.15) is 11.9 Å². The number of rotatable bonds is 5. The first-order chi connectivity index (χ1) is 12.3. The number of carbonyl (C=O) groups is 1. The van der Waals surface area contributed by atoms with Gasteiger partial charge in [0.15, 0.2) is 0 Å². The summed E-state index contributed by atoms with van der Waals surface area (Å²) < 4.78 is 40.7. The van der Waals surface area contributed by atoms with Crippen molar-refractivity contribution in [3.8, 4) is 0 Å². The summed E-state index contributed by atoms with van der Waals surface area (Å²) in [5.41, 5.74) is 1.46. The molecule has 1 heterocycles. The summed E-state index contributed by atoms with van der Waals surface area (Å²) in [5, 5.41) is 0.360. The molecule has 0 saturated carbocycles. The molecule has 0 spiro atoms. The van der Waals surface area contributed by atoms with Crippen LogP contribution in [-0.4, -0.2) is 26.9 Å². The van der Waals surface area contributed by atoms with Crippen molar-refractivity contribution in [2.24, 2.45) is 0 Å². The number of hydrogen-bond acceptors (Lipinski definition) is 3.